The van der Waals surface area contributed by atoms with Gasteiger partial charge in [0.05, 0.1) is 0 Å². The summed E-state index contributed by atoms with van der Waals surface area (Å²) in [7, 11) is 1.28. The highest BCUT2D eigenvalue weighted by Gasteiger charge is 2.41. The molecule has 1 aromatic heterocycles. The molecule has 1 unspecified atom stereocenters. The zero-order valence-electron chi connectivity index (χ0n) is 8.20. The van der Waals surface area contributed by atoms with Crippen LogP contribution in [-0.4, -0.2) is 13.2 Å². The minimum Gasteiger partial charge on any atom is -0.466 e. The molecule has 0 aromatic carbocycles. The van der Waals surface area contributed by atoms with Crippen molar-refractivity contribution in [3.8, 4) is 0 Å². The van der Waals surface area contributed by atoms with Crippen molar-refractivity contribution >= 4 is 0 Å². The van der Waals surface area contributed by atoms with E-state index in [1.54, 1.807) is 6.92 Å². The molecule has 0 amide bonds. The van der Waals surface area contributed by atoms with Gasteiger partial charge in [0.15, 0.2) is 0 Å². The van der Waals surface area contributed by atoms with Crippen LogP contribution < -0.4 is 5.32 Å². The van der Waals surface area contributed by atoms with E-state index in [-0.39, 0.29) is 5.56 Å². The van der Waals surface area contributed by atoms with Crippen molar-refractivity contribution in [2.45, 2.75) is 26.1 Å². The normalized spacial score (nSPS) is 14.4. The molecule has 0 spiro atoms. The summed E-state index contributed by atoms with van der Waals surface area (Å²) in [6.07, 6.45) is -4.30. The molecular weight excluding hydrogens is 195 g/mol. The van der Waals surface area contributed by atoms with Crippen LogP contribution in [0.3, 0.4) is 0 Å². The molecular formula is C9H12F3NO. The van der Waals surface area contributed by atoms with E-state index in [1.165, 1.54) is 20.0 Å². The smallest absolute Gasteiger partial charge is 0.408 e. The molecule has 1 rings (SSSR count). The van der Waals surface area contributed by atoms with Gasteiger partial charge in [-0.05, 0) is 27.0 Å². The lowest BCUT2D eigenvalue weighted by Gasteiger charge is -2.18. The van der Waals surface area contributed by atoms with Crippen LogP contribution in [-0.2, 0) is 0 Å². The van der Waals surface area contributed by atoms with Crippen molar-refractivity contribution in [3.05, 3.63) is 23.2 Å². The lowest BCUT2D eigenvalue weighted by molar-refractivity contribution is -0.156. The number of hydrogen-bond acceptors (Lipinski definition) is 2. The number of halogens is 3. The highest BCUT2D eigenvalue weighted by atomic mass is 19.4. The molecule has 0 bridgehead atoms. The Morgan fingerprint density at radius 1 is 1.36 bits per heavy atom. The van der Waals surface area contributed by atoms with Gasteiger partial charge in [0.2, 0.25) is 0 Å². The Bertz CT molecular complexity index is 316. The summed E-state index contributed by atoms with van der Waals surface area (Å²) in [5.74, 6) is 0.793. The lowest BCUT2D eigenvalue weighted by Crippen LogP contribution is -2.31. The third-order valence-electron chi connectivity index (χ3n) is 2.01. The average Bonchev–Trinajstić information content (AvgIpc) is 2.29. The van der Waals surface area contributed by atoms with Crippen LogP contribution in [0.25, 0.3) is 0 Å². The third-order valence-corrected chi connectivity index (χ3v) is 2.01. The van der Waals surface area contributed by atoms with Gasteiger partial charge in [-0.2, -0.15) is 13.2 Å². The summed E-state index contributed by atoms with van der Waals surface area (Å²) in [5, 5.41) is 2.23. The lowest BCUT2D eigenvalue weighted by atomic mass is 10.1. The first kappa shape index (κ1) is 11.1. The molecule has 0 aliphatic rings. The molecule has 0 aliphatic carbocycles. The summed E-state index contributed by atoms with van der Waals surface area (Å²) in [5.41, 5.74) is 0.150. The van der Waals surface area contributed by atoms with Gasteiger partial charge >= 0.3 is 6.18 Å². The van der Waals surface area contributed by atoms with Gasteiger partial charge in [-0.25, -0.2) is 0 Å². The molecule has 0 saturated heterocycles. The summed E-state index contributed by atoms with van der Waals surface area (Å²) >= 11 is 0. The van der Waals surface area contributed by atoms with Crippen molar-refractivity contribution in [1.82, 2.24) is 5.32 Å². The van der Waals surface area contributed by atoms with Gasteiger partial charge < -0.3 is 9.73 Å². The molecule has 1 aromatic rings. The zero-order chi connectivity index (χ0) is 10.9. The highest BCUT2D eigenvalue weighted by molar-refractivity contribution is 5.25. The van der Waals surface area contributed by atoms with E-state index in [1.807, 2.05) is 0 Å². The zero-order valence-corrected chi connectivity index (χ0v) is 8.20. The van der Waals surface area contributed by atoms with Crippen LogP contribution in [0, 0.1) is 13.8 Å². The Morgan fingerprint density at radius 3 is 2.21 bits per heavy atom. The molecule has 5 heteroatoms. The SMILES string of the molecule is CNC(c1cc(C)oc1C)C(F)(F)F. The monoisotopic (exact) mass is 207 g/mol. The van der Waals surface area contributed by atoms with Gasteiger partial charge in [0.25, 0.3) is 0 Å². The Kier molecular flexibility index (Phi) is 2.89. The standard InChI is InChI=1S/C9H12F3NO/c1-5-4-7(6(2)14-5)8(13-3)9(10,11)12/h4,8,13H,1-3H3. The topological polar surface area (TPSA) is 25.2 Å². The molecule has 0 aliphatic heterocycles. The maximum Gasteiger partial charge on any atom is 0.408 e. The van der Waals surface area contributed by atoms with Crippen molar-refractivity contribution in [2.24, 2.45) is 0 Å². The molecule has 1 heterocycles. The third kappa shape index (κ3) is 2.09. The van der Waals surface area contributed by atoms with Crippen molar-refractivity contribution in [1.29, 1.82) is 0 Å². The fraction of sp³-hybridized carbons (Fsp3) is 0.556. The molecule has 0 radical (unpaired) electrons. The number of aryl methyl sites for hydroxylation is 2. The number of furan rings is 1. The van der Waals surface area contributed by atoms with E-state index in [0.29, 0.717) is 11.5 Å². The highest BCUT2D eigenvalue weighted by Crippen LogP contribution is 2.34. The quantitative estimate of drug-likeness (QED) is 0.806. The molecule has 0 fully saturated rings. The van der Waals surface area contributed by atoms with Crippen LogP contribution in [0.15, 0.2) is 10.5 Å². The molecule has 80 valence electrons. The number of hydrogen-bond donors (Lipinski definition) is 1. The minimum absolute atomic E-state index is 0.150. The fourth-order valence-corrected chi connectivity index (χ4v) is 1.43. The van der Waals surface area contributed by atoms with Crippen LogP contribution in [0.5, 0.6) is 0 Å². The van der Waals surface area contributed by atoms with E-state index in [0.717, 1.165) is 0 Å². The Morgan fingerprint density at radius 2 is 1.93 bits per heavy atom. The van der Waals surface area contributed by atoms with Gasteiger partial charge in [-0.1, -0.05) is 0 Å². The first-order valence-corrected chi connectivity index (χ1v) is 4.17. The average molecular weight is 207 g/mol. The summed E-state index contributed by atoms with van der Waals surface area (Å²) < 4.78 is 42.5. The molecule has 14 heavy (non-hydrogen) atoms. The number of nitrogens with one attached hydrogen (secondary N) is 1. The first-order valence-electron chi connectivity index (χ1n) is 4.17. The molecule has 0 saturated carbocycles. The molecule has 1 atom stereocenters. The van der Waals surface area contributed by atoms with Gasteiger partial charge in [-0.3, -0.25) is 0 Å². The largest absolute Gasteiger partial charge is 0.466 e. The first-order chi connectivity index (χ1) is 6.36. The van der Waals surface area contributed by atoms with Gasteiger partial charge in [-0.15, -0.1) is 0 Å². The number of alkyl halides is 3. The second-order valence-electron chi connectivity index (χ2n) is 3.13. The fourth-order valence-electron chi connectivity index (χ4n) is 1.43. The Labute approximate surface area is 80.1 Å². The van der Waals surface area contributed by atoms with Crippen molar-refractivity contribution in [2.75, 3.05) is 7.05 Å². The summed E-state index contributed by atoms with van der Waals surface area (Å²) in [6.45, 7) is 3.15. The van der Waals surface area contributed by atoms with E-state index in [4.69, 9.17) is 4.42 Å². The van der Waals surface area contributed by atoms with Crippen LogP contribution >= 0.6 is 0 Å². The predicted molar refractivity (Wildman–Crippen MR) is 46.0 cm³/mol. The van der Waals surface area contributed by atoms with Crippen LogP contribution in [0.4, 0.5) is 13.2 Å². The summed E-state index contributed by atoms with van der Waals surface area (Å²) in [6, 6.07) is -0.246. The second kappa shape index (κ2) is 3.65. The maximum atomic E-state index is 12.5. The Balaban J connectivity index is 3.07. The number of rotatable bonds is 2. The van der Waals surface area contributed by atoms with Crippen molar-refractivity contribution in [3.63, 3.8) is 0 Å². The van der Waals surface area contributed by atoms with E-state index >= 15 is 0 Å². The summed E-state index contributed by atoms with van der Waals surface area (Å²) in [4.78, 5) is 0. The molecule has 1 N–H and O–H groups in total. The van der Waals surface area contributed by atoms with Crippen molar-refractivity contribution < 1.29 is 17.6 Å². The van der Waals surface area contributed by atoms with E-state index < -0.39 is 12.2 Å². The van der Waals surface area contributed by atoms with Gasteiger partial charge in [0, 0.05) is 5.56 Å². The minimum atomic E-state index is -4.30. The second-order valence-corrected chi connectivity index (χ2v) is 3.13. The van der Waals surface area contributed by atoms with E-state index in [2.05, 4.69) is 5.32 Å². The van der Waals surface area contributed by atoms with Crippen LogP contribution in [0.1, 0.15) is 23.1 Å². The predicted octanol–water partition coefficient (Wildman–Crippen LogP) is 2.72. The van der Waals surface area contributed by atoms with E-state index in [9.17, 15) is 13.2 Å². The van der Waals surface area contributed by atoms with Gasteiger partial charge in [0.1, 0.15) is 17.6 Å². The van der Waals surface area contributed by atoms with Crippen LogP contribution in [0.2, 0.25) is 0 Å². The molecule has 2 nitrogen and oxygen atoms in total. The Hall–Kier alpha value is -0.970. The maximum absolute atomic E-state index is 12.5.